The van der Waals surface area contributed by atoms with Crippen LogP contribution in [0.2, 0.25) is 0 Å². The van der Waals surface area contributed by atoms with Gasteiger partial charge in [-0.15, -0.1) is 0 Å². The second-order valence-electron chi connectivity index (χ2n) is 4.68. The molecular formula is C15H14N2O4. The van der Waals surface area contributed by atoms with Crippen molar-refractivity contribution in [3.63, 3.8) is 0 Å². The summed E-state index contributed by atoms with van der Waals surface area (Å²) in [6.45, 7) is 3.30. The summed E-state index contributed by atoms with van der Waals surface area (Å²) in [5.74, 6) is -0.541. The average Bonchev–Trinajstić information content (AvgIpc) is 2.42. The van der Waals surface area contributed by atoms with Crippen LogP contribution in [0.1, 0.15) is 21.5 Å². The first-order chi connectivity index (χ1) is 9.90. The number of nitro groups is 1. The minimum Gasteiger partial charge on any atom is -0.508 e. The number of nitrogens with zero attached hydrogens (tertiary/aromatic N) is 1. The van der Waals surface area contributed by atoms with E-state index in [0.29, 0.717) is 16.8 Å². The van der Waals surface area contributed by atoms with Crippen LogP contribution < -0.4 is 5.32 Å². The second kappa shape index (κ2) is 5.62. The Bertz CT molecular complexity index is 726. The molecule has 0 saturated heterocycles. The molecule has 0 aliphatic carbocycles. The summed E-state index contributed by atoms with van der Waals surface area (Å²) in [4.78, 5) is 22.7. The van der Waals surface area contributed by atoms with Crippen LogP contribution in [-0.2, 0) is 0 Å². The lowest BCUT2D eigenvalue weighted by molar-refractivity contribution is -0.385. The number of nitrogens with one attached hydrogen (secondary N) is 1. The van der Waals surface area contributed by atoms with Crippen LogP contribution in [0.4, 0.5) is 11.4 Å². The number of phenols is 1. The maximum atomic E-state index is 12.2. The number of para-hydroxylation sites is 1. The number of carbonyl (C=O) groups is 1. The van der Waals surface area contributed by atoms with Gasteiger partial charge in [-0.3, -0.25) is 14.9 Å². The Morgan fingerprint density at radius 1 is 1.19 bits per heavy atom. The van der Waals surface area contributed by atoms with Crippen molar-refractivity contribution in [1.82, 2.24) is 0 Å². The lowest BCUT2D eigenvalue weighted by Gasteiger charge is -2.08. The molecular weight excluding hydrogens is 272 g/mol. The minimum absolute atomic E-state index is 0.0138. The van der Waals surface area contributed by atoms with E-state index in [2.05, 4.69) is 5.32 Å². The number of anilines is 1. The molecule has 0 atom stereocenters. The number of nitro benzene ring substituents is 1. The van der Waals surface area contributed by atoms with E-state index in [1.54, 1.807) is 38.1 Å². The van der Waals surface area contributed by atoms with Crippen molar-refractivity contribution in [3.8, 4) is 5.75 Å². The maximum Gasteiger partial charge on any atom is 0.285 e. The topological polar surface area (TPSA) is 92.5 Å². The molecule has 0 fully saturated rings. The number of aromatic hydroxyl groups is 1. The van der Waals surface area contributed by atoms with Gasteiger partial charge in [-0.2, -0.15) is 0 Å². The molecule has 2 aromatic carbocycles. The van der Waals surface area contributed by atoms with E-state index in [4.69, 9.17) is 0 Å². The molecule has 6 heteroatoms. The third-order valence-electron chi connectivity index (χ3n) is 3.13. The highest BCUT2D eigenvalue weighted by Crippen LogP contribution is 2.25. The summed E-state index contributed by atoms with van der Waals surface area (Å²) in [7, 11) is 0. The van der Waals surface area contributed by atoms with Gasteiger partial charge in [-0.1, -0.05) is 18.2 Å². The molecule has 1 amide bonds. The van der Waals surface area contributed by atoms with Gasteiger partial charge in [0.05, 0.1) is 4.92 Å². The Kier molecular flexibility index (Phi) is 3.89. The van der Waals surface area contributed by atoms with Crippen molar-refractivity contribution in [2.24, 2.45) is 0 Å². The number of amides is 1. The number of phenolic OH excluding ortho intramolecular Hbond substituents is 1. The Morgan fingerprint density at radius 3 is 2.52 bits per heavy atom. The van der Waals surface area contributed by atoms with E-state index in [-0.39, 0.29) is 17.0 Å². The largest absolute Gasteiger partial charge is 0.508 e. The summed E-state index contributed by atoms with van der Waals surface area (Å²) >= 11 is 0. The highest BCUT2D eigenvalue weighted by Gasteiger charge is 2.22. The van der Waals surface area contributed by atoms with Crippen LogP contribution in [0, 0.1) is 24.0 Å². The third-order valence-corrected chi connectivity index (χ3v) is 3.13. The maximum absolute atomic E-state index is 12.2. The first-order valence-corrected chi connectivity index (χ1v) is 6.25. The fourth-order valence-electron chi connectivity index (χ4n) is 1.97. The zero-order valence-corrected chi connectivity index (χ0v) is 11.6. The van der Waals surface area contributed by atoms with Gasteiger partial charge in [0.15, 0.2) is 0 Å². The minimum atomic E-state index is -0.589. The first kappa shape index (κ1) is 14.5. The van der Waals surface area contributed by atoms with Gasteiger partial charge in [0, 0.05) is 17.3 Å². The van der Waals surface area contributed by atoms with Crippen LogP contribution in [-0.4, -0.2) is 15.9 Å². The average molecular weight is 286 g/mol. The Balaban J connectivity index is 2.35. The summed E-state index contributed by atoms with van der Waals surface area (Å²) in [6.07, 6.45) is 0. The van der Waals surface area contributed by atoms with Gasteiger partial charge >= 0.3 is 0 Å². The van der Waals surface area contributed by atoms with Crippen molar-refractivity contribution in [1.29, 1.82) is 0 Å². The van der Waals surface area contributed by atoms with Crippen molar-refractivity contribution >= 4 is 17.3 Å². The normalized spacial score (nSPS) is 10.2. The number of hydrogen-bond acceptors (Lipinski definition) is 4. The molecule has 2 aromatic rings. The molecule has 108 valence electrons. The molecule has 2 N–H and O–H groups in total. The predicted molar refractivity (Wildman–Crippen MR) is 78.6 cm³/mol. The van der Waals surface area contributed by atoms with Crippen LogP contribution in [0.15, 0.2) is 36.4 Å². The number of benzene rings is 2. The number of hydrogen-bond donors (Lipinski definition) is 2. The molecule has 0 bridgehead atoms. The fourth-order valence-corrected chi connectivity index (χ4v) is 1.97. The monoisotopic (exact) mass is 286 g/mol. The zero-order chi connectivity index (χ0) is 15.6. The van der Waals surface area contributed by atoms with E-state index in [1.165, 1.54) is 12.1 Å². The molecule has 0 aromatic heterocycles. The van der Waals surface area contributed by atoms with Crippen LogP contribution in [0.25, 0.3) is 0 Å². The van der Waals surface area contributed by atoms with E-state index in [1.807, 2.05) is 0 Å². The van der Waals surface area contributed by atoms with Crippen molar-refractivity contribution in [2.75, 3.05) is 5.32 Å². The third kappa shape index (κ3) is 3.00. The SMILES string of the molecule is Cc1ccc(NC(=O)c2cccc(C)c2[N+](=O)[O-])cc1O. The zero-order valence-electron chi connectivity index (χ0n) is 11.6. The molecule has 0 spiro atoms. The van der Waals surface area contributed by atoms with Crippen molar-refractivity contribution in [3.05, 3.63) is 63.2 Å². The van der Waals surface area contributed by atoms with Gasteiger partial charge in [0.1, 0.15) is 11.3 Å². The van der Waals surface area contributed by atoms with E-state index in [0.717, 1.165) is 0 Å². The summed E-state index contributed by atoms with van der Waals surface area (Å²) in [6, 6.07) is 9.23. The number of rotatable bonds is 3. The smallest absolute Gasteiger partial charge is 0.285 e. The highest BCUT2D eigenvalue weighted by molar-refractivity contribution is 6.07. The number of carbonyl (C=O) groups excluding carboxylic acids is 1. The fraction of sp³-hybridized carbons (Fsp3) is 0.133. The molecule has 0 aliphatic rings. The molecule has 0 unspecified atom stereocenters. The lowest BCUT2D eigenvalue weighted by Crippen LogP contribution is -2.14. The van der Waals surface area contributed by atoms with E-state index >= 15 is 0 Å². The highest BCUT2D eigenvalue weighted by atomic mass is 16.6. The number of aryl methyl sites for hydroxylation is 2. The predicted octanol–water partition coefficient (Wildman–Crippen LogP) is 3.17. The Hall–Kier alpha value is -2.89. The first-order valence-electron chi connectivity index (χ1n) is 6.25. The van der Waals surface area contributed by atoms with Crippen LogP contribution in [0.5, 0.6) is 5.75 Å². The molecule has 0 aliphatic heterocycles. The molecule has 0 heterocycles. The van der Waals surface area contributed by atoms with Gasteiger partial charge in [0.25, 0.3) is 11.6 Å². The lowest BCUT2D eigenvalue weighted by atomic mass is 10.1. The second-order valence-corrected chi connectivity index (χ2v) is 4.68. The van der Waals surface area contributed by atoms with Gasteiger partial charge in [0.2, 0.25) is 0 Å². The van der Waals surface area contributed by atoms with Crippen LogP contribution >= 0.6 is 0 Å². The summed E-state index contributed by atoms with van der Waals surface area (Å²) < 4.78 is 0. The van der Waals surface area contributed by atoms with E-state index in [9.17, 15) is 20.0 Å². The van der Waals surface area contributed by atoms with Gasteiger partial charge in [-0.05, 0) is 31.5 Å². The van der Waals surface area contributed by atoms with Gasteiger partial charge < -0.3 is 10.4 Å². The molecule has 0 radical (unpaired) electrons. The molecule has 0 saturated carbocycles. The molecule has 6 nitrogen and oxygen atoms in total. The van der Waals surface area contributed by atoms with Gasteiger partial charge in [-0.25, -0.2) is 0 Å². The van der Waals surface area contributed by atoms with Crippen molar-refractivity contribution in [2.45, 2.75) is 13.8 Å². The summed E-state index contributed by atoms with van der Waals surface area (Å²) in [5.41, 5.74) is 1.24. The van der Waals surface area contributed by atoms with Crippen LogP contribution in [0.3, 0.4) is 0 Å². The Labute approximate surface area is 121 Å². The molecule has 21 heavy (non-hydrogen) atoms. The Morgan fingerprint density at radius 2 is 1.90 bits per heavy atom. The quantitative estimate of drug-likeness (QED) is 0.669. The van der Waals surface area contributed by atoms with Crippen molar-refractivity contribution < 1.29 is 14.8 Å². The standard InChI is InChI=1S/C15H14N2O4/c1-9-6-7-11(8-13(9)18)16-15(19)12-5-3-4-10(2)14(12)17(20)21/h3-8,18H,1-2H3,(H,16,19). The molecule has 2 rings (SSSR count). The summed E-state index contributed by atoms with van der Waals surface area (Å²) in [5, 5.41) is 23.2. The van der Waals surface area contributed by atoms with E-state index < -0.39 is 10.8 Å².